The monoisotopic (exact) mass is 255 g/mol. The molecule has 0 aromatic rings. The molecule has 102 valence electrons. The number of nitrogens with two attached hydrogens (primary N) is 3. The molecular formula is C11H21N5O2. The summed E-state index contributed by atoms with van der Waals surface area (Å²) >= 11 is 0. The Morgan fingerprint density at radius 2 is 2.11 bits per heavy atom. The lowest BCUT2D eigenvalue weighted by Gasteiger charge is -2.26. The van der Waals surface area contributed by atoms with Crippen LogP contribution in [0.4, 0.5) is 0 Å². The predicted octanol–water partition coefficient (Wildman–Crippen LogP) is -1.42. The van der Waals surface area contributed by atoms with Crippen molar-refractivity contribution in [3.63, 3.8) is 0 Å². The van der Waals surface area contributed by atoms with Crippen LogP contribution < -0.4 is 17.2 Å². The number of aliphatic imine (C=N–C) groups is 1. The molecule has 0 aromatic carbocycles. The van der Waals surface area contributed by atoms with Gasteiger partial charge < -0.3 is 26.9 Å². The topological polar surface area (TPSA) is 128 Å². The standard InChI is InChI=1S/C11H21N5O2/c1-2-6-16(10(18)7-12)9(8-17)4-3-5-15-11(13)14/h2,8-9H,1,3-7,12H2,(H4,13,14,15)/t9-/m0/s1. The minimum absolute atomic E-state index is 0.0126. The zero-order chi connectivity index (χ0) is 14.0. The quantitative estimate of drug-likeness (QED) is 0.153. The number of carbonyl (C=O) groups excluding carboxylic acids is 2. The number of hydrogen-bond acceptors (Lipinski definition) is 4. The van der Waals surface area contributed by atoms with Gasteiger partial charge in [0.25, 0.3) is 0 Å². The van der Waals surface area contributed by atoms with E-state index in [1.807, 2.05) is 0 Å². The lowest BCUT2D eigenvalue weighted by Crippen LogP contribution is -2.44. The molecule has 7 nitrogen and oxygen atoms in total. The van der Waals surface area contributed by atoms with Gasteiger partial charge in [-0.1, -0.05) is 6.08 Å². The van der Waals surface area contributed by atoms with E-state index in [0.717, 1.165) is 6.29 Å². The molecule has 0 radical (unpaired) electrons. The van der Waals surface area contributed by atoms with Crippen LogP contribution in [0.3, 0.4) is 0 Å². The average Bonchev–Trinajstić information content (AvgIpc) is 2.35. The smallest absolute Gasteiger partial charge is 0.237 e. The Morgan fingerprint density at radius 3 is 2.56 bits per heavy atom. The molecule has 0 aromatic heterocycles. The van der Waals surface area contributed by atoms with Gasteiger partial charge in [0.15, 0.2) is 5.96 Å². The largest absolute Gasteiger partial charge is 0.370 e. The summed E-state index contributed by atoms with van der Waals surface area (Å²) in [6.45, 7) is 4.13. The first-order valence-electron chi connectivity index (χ1n) is 5.67. The Labute approximate surface area is 107 Å². The van der Waals surface area contributed by atoms with Gasteiger partial charge in [-0.15, -0.1) is 6.58 Å². The van der Waals surface area contributed by atoms with Crippen molar-refractivity contribution >= 4 is 18.2 Å². The molecule has 0 spiro atoms. The highest BCUT2D eigenvalue weighted by molar-refractivity contribution is 5.81. The molecule has 1 amide bonds. The van der Waals surface area contributed by atoms with Crippen LogP contribution in [0, 0.1) is 0 Å². The summed E-state index contributed by atoms with van der Waals surface area (Å²) in [6, 6.07) is -0.520. The van der Waals surface area contributed by atoms with Crippen LogP contribution in [-0.4, -0.2) is 48.7 Å². The van der Waals surface area contributed by atoms with Crippen molar-refractivity contribution in [1.82, 2.24) is 4.90 Å². The van der Waals surface area contributed by atoms with E-state index in [9.17, 15) is 9.59 Å². The van der Waals surface area contributed by atoms with E-state index in [0.29, 0.717) is 25.9 Å². The molecule has 0 saturated heterocycles. The van der Waals surface area contributed by atoms with Crippen LogP contribution in [0.5, 0.6) is 0 Å². The number of guanidine groups is 1. The molecule has 0 unspecified atom stereocenters. The Bertz CT molecular complexity index is 313. The molecule has 7 heteroatoms. The van der Waals surface area contributed by atoms with Crippen LogP contribution in [0.25, 0.3) is 0 Å². The summed E-state index contributed by atoms with van der Waals surface area (Å²) in [6.07, 6.45) is 3.37. The van der Waals surface area contributed by atoms with Gasteiger partial charge in [-0.25, -0.2) is 0 Å². The minimum atomic E-state index is -0.520. The maximum Gasteiger partial charge on any atom is 0.237 e. The number of hydrogen-bond donors (Lipinski definition) is 3. The first kappa shape index (κ1) is 16.1. The van der Waals surface area contributed by atoms with Crippen molar-refractivity contribution in [2.75, 3.05) is 19.6 Å². The second-order valence-electron chi connectivity index (χ2n) is 3.69. The van der Waals surface area contributed by atoms with E-state index >= 15 is 0 Å². The lowest BCUT2D eigenvalue weighted by atomic mass is 10.1. The third-order valence-electron chi connectivity index (χ3n) is 2.33. The van der Waals surface area contributed by atoms with Gasteiger partial charge in [-0.3, -0.25) is 9.79 Å². The van der Waals surface area contributed by atoms with E-state index < -0.39 is 6.04 Å². The van der Waals surface area contributed by atoms with E-state index in [4.69, 9.17) is 17.2 Å². The Kier molecular flexibility index (Phi) is 8.21. The predicted molar refractivity (Wildman–Crippen MR) is 70.7 cm³/mol. The SMILES string of the molecule is C=CCN(C(=O)CN)[C@H](C=O)CCCN=C(N)N. The fourth-order valence-electron chi connectivity index (χ4n) is 1.48. The Balaban J connectivity index is 4.41. The van der Waals surface area contributed by atoms with E-state index in [2.05, 4.69) is 11.6 Å². The summed E-state index contributed by atoms with van der Waals surface area (Å²) in [5, 5.41) is 0. The molecule has 6 N–H and O–H groups in total. The van der Waals surface area contributed by atoms with Gasteiger partial charge in [0, 0.05) is 13.1 Å². The summed E-state index contributed by atoms with van der Waals surface area (Å²) in [5.74, 6) is -0.271. The molecular weight excluding hydrogens is 234 g/mol. The number of carbonyl (C=O) groups is 2. The highest BCUT2D eigenvalue weighted by atomic mass is 16.2. The van der Waals surface area contributed by atoms with Gasteiger partial charge in [-0.2, -0.15) is 0 Å². The maximum absolute atomic E-state index is 11.6. The summed E-state index contributed by atoms with van der Waals surface area (Å²) in [4.78, 5) is 27.8. The first-order valence-corrected chi connectivity index (χ1v) is 5.67. The van der Waals surface area contributed by atoms with Gasteiger partial charge in [0.1, 0.15) is 6.29 Å². The third kappa shape index (κ3) is 6.00. The Morgan fingerprint density at radius 1 is 1.44 bits per heavy atom. The molecule has 0 aliphatic rings. The molecule has 0 heterocycles. The van der Waals surface area contributed by atoms with Crippen LogP contribution in [0.15, 0.2) is 17.6 Å². The second kappa shape index (κ2) is 9.17. The first-order chi connectivity index (χ1) is 8.56. The fourth-order valence-corrected chi connectivity index (χ4v) is 1.48. The molecule has 0 bridgehead atoms. The van der Waals surface area contributed by atoms with Crippen LogP contribution in [-0.2, 0) is 9.59 Å². The summed E-state index contributed by atoms with van der Waals surface area (Å²) in [5.41, 5.74) is 15.7. The number of amides is 1. The molecule has 18 heavy (non-hydrogen) atoms. The molecule has 0 fully saturated rings. The summed E-state index contributed by atoms with van der Waals surface area (Å²) < 4.78 is 0. The van der Waals surface area contributed by atoms with E-state index in [-0.39, 0.29) is 18.4 Å². The summed E-state index contributed by atoms with van der Waals surface area (Å²) in [7, 11) is 0. The van der Waals surface area contributed by atoms with Crippen LogP contribution >= 0.6 is 0 Å². The van der Waals surface area contributed by atoms with E-state index in [1.54, 1.807) is 6.08 Å². The highest BCUT2D eigenvalue weighted by Gasteiger charge is 2.20. The van der Waals surface area contributed by atoms with Gasteiger partial charge in [0.2, 0.25) is 5.91 Å². The third-order valence-corrected chi connectivity index (χ3v) is 2.33. The fraction of sp³-hybridized carbons (Fsp3) is 0.545. The van der Waals surface area contributed by atoms with Gasteiger partial charge in [-0.05, 0) is 12.8 Å². The maximum atomic E-state index is 11.6. The lowest BCUT2D eigenvalue weighted by molar-refractivity contribution is -0.134. The van der Waals surface area contributed by atoms with Crippen LogP contribution in [0.2, 0.25) is 0 Å². The normalized spacial score (nSPS) is 11.4. The number of nitrogens with zero attached hydrogens (tertiary/aromatic N) is 2. The second-order valence-corrected chi connectivity index (χ2v) is 3.69. The molecule has 0 saturated carbocycles. The molecule has 1 atom stereocenters. The average molecular weight is 255 g/mol. The van der Waals surface area contributed by atoms with Crippen molar-refractivity contribution in [2.24, 2.45) is 22.2 Å². The van der Waals surface area contributed by atoms with Crippen molar-refractivity contribution in [1.29, 1.82) is 0 Å². The molecule has 0 aliphatic heterocycles. The zero-order valence-corrected chi connectivity index (χ0v) is 10.4. The highest BCUT2D eigenvalue weighted by Crippen LogP contribution is 2.06. The van der Waals surface area contributed by atoms with Crippen molar-refractivity contribution in [2.45, 2.75) is 18.9 Å². The van der Waals surface area contributed by atoms with E-state index in [1.165, 1.54) is 4.90 Å². The number of aldehydes is 1. The van der Waals surface area contributed by atoms with Gasteiger partial charge in [0.05, 0.1) is 12.6 Å². The van der Waals surface area contributed by atoms with Crippen molar-refractivity contribution in [3.8, 4) is 0 Å². The zero-order valence-electron chi connectivity index (χ0n) is 10.4. The van der Waals surface area contributed by atoms with Gasteiger partial charge >= 0.3 is 0 Å². The molecule has 0 aliphatic carbocycles. The minimum Gasteiger partial charge on any atom is -0.370 e. The van der Waals surface area contributed by atoms with Crippen molar-refractivity contribution in [3.05, 3.63) is 12.7 Å². The van der Waals surface area contributed by atoms with Crippen LogP contribution in [0.1, 0.15) is 12.8 Å². The Hall–Kier alpha value is -1.89. The molecule has 0 rings (SSSR count). The van der Waals surface area contributed by atoms with Crippen molar-refractivity contribution < 1.29 is 9.59 Å². The number of rotatable bonds is 9.